The van der Waals surface area contributed by atoms with Crippen molar-refractivity contribution in [1.29, 1.82) is 5.26 Å². The van der Waals surface area contributed by atoms with Gasteiger partial charge in [0.25, 0.3) is 0 Å². The molecule has 0 spiro atoms. The topological polar surface area (TPSA) is 109 Å². The third-order valence-electron chi connectivity index (χ3n) is 9.88. The first-order valence-electron chi connectivity index (χ1n) is 16.1. The number of hydrogen-bond acceptors (Lipinski definition) is 8. The largest absolute Gasteiger partial charge is 0.487 e. The lowest BCUT2D eigenvalue weighted by atomic mass is 9.78. The summed E-state index contributed by atoms with van der Waals surface area (Å²) in [4.78, 5) is 29.3. The molecule has 3 aliphatic rings. The Labute approximate surface area is 276 Å². The molecule has 3 fully saturated rings. The molecule has 3 saturated heterocycles. The predicted octanol–water partition coefficient (Wildman–Crippen LogP) is 5.10. The van der Waals surface area contributed by atoms with E-state index in [0.717, 1.165) is 74.3 Å². The highest BCUT2D eigenvalue weighted by Crippen LogP contribution is 2.34. The van der Waals surface area contributed by atoms with Crippen LogP contribution in [0, 0.1) is 17.2 Å². The number of amides is 1. The summed E-state index contributed by atoms with van der Waals surface area (Å²) in [6.07, 6.45) is 3.39. The molecule has 1 N–H and O–H groups in total. The highest BCUT2D eigenvalue weighted by atomic mass is 35.5. The number of halogens is 1. The first kappa shape index (κ1) is 32.0. The molecule has 0 aliphatic carbocycles. The van der Waals surface area contributed by atoms with Crippen molar-refractivity contribution in [1.82, 2.24) is 24.7 Å². The van der Waals surface area contributed by atoms with Gasteiger partial charge in [-0.2, -0.15) is 5.26 Å². The lowest BCUT2D eigenvalue weighted by Crippen LogP contribution is -2.61. The van der Waals surface area contributed by atoms with Crippen LogP contribution in [-0.2, 0) is 12.0 Å². The summed E-state index contributed by atoms with van der Waals surface area (Å²) in [6, 6.07) is 18.2. The van der Waals surface area contributed by atoms with Crippen molar-refractivity contribution < 1.29 is 14.6 Å². The standard InChI is InChI=1S/C35H42ClN7O3/c1-35(2,28-17-26(20-37)18-29(36)19-28)27-3-5-32(6-4-27)46-24-30-7-10-38-33(39-30)43-22-31(23-43)41-11-8-25(9-12-41)21-40-13-15-42(16-14-40)34(44)45/h3-7,10,17-19,25,31H,8-9,11-16,21-24H2,1-2H3,(H,44,45). The van der Waals surface area contributed by atoms with Crippen LogP contribution in [0.5, 0.6) is 5.75 Å². The minimum Gasteiger partial charge on any atom is -0.487 e. The van der Waals surface area contributed by atoms with Gasteiger partial charge in [-0.05, 0) is 79.4 Å². The normalized spacial score (nSPS) is 18.7. The number of carbonyl (C=O) groups is 1. The second-order valence-corrected chi connectivity index (χ2v) is 13.7. The Morgan fingerprint density at radius 2 is 1.74 bits per heavy atom. The zero-order chi connectivity index (χ0) is 32.3. The molecule has 1 amide bonds. The molecule has 0 saturated carbocycles. The van der Waals surface area contributed by atoms with Gasteiger partial charge in [-0.1, -0.05) is 37.6 Å². The molecule has 4 heterocycles. The fourth-order valence-electron chi connectivity index (χ4n) is 6.76. The molecule has 46 heavy (non-hydrogen) atoms. The van der Waals surface area contributed by atoms with Crippen LogP contribution in [0.2, 0.25) is 5.02 Å². The number of anilines is 1. The second kappa shape index (κ2) is 13.8. The predicted molar refractivity (Wildman–Crippen MR) is 177 cm³/mol. The van der Waals surface area contributed by atoms with Crippen LogP contribution in [0.15, 0.2) is 54.7 Å². The van der Waals surface area contributed by atoms with E-state index in [1.165, 1.54) is 17.7 Å². The summed E-state index contributed by atoms with van der Waals surface area (Å²) in [5, 5.41) is 19.1. The summed E-state index contributed by atoms with van der Waals surface area (Å²) < 4.78 is 6.09. The summed E-state index contributed by atoms with van der Waals surface area (Å²) in [5.74, 6) is 2.20. The van der Waals surface area contributed by atoms with Gasteiger partial charge in [0.2, 0.25) is 5.95 Å². The van der Waals surface area contributed by atoms with Gasteiger partial charge in [0.05, 0.1) is 17.3 Å². The monoisotopic (exact) mass is 643 g/mol. The van der Waals surface area contributed by atoms with Crippen molar-refractivity contribution >= 4 is 23.6 Å². The summed E-state index contributed by atoms with van der Waals surface area (Å²) in [5.41, 5.74) is 3.15. The molecule has 1 aromatic heterocycles. The van der Waals surface area contributed by atoms with Gasteiger partial charge in [0.1, 0.15) is 12.4 Å². The van der Waals surface area contributed by atoms with Crippen LogP contribution in [0.3, 0.4) is 0 Å². The van der Waals surface area contributed by atoms with E-state index in [2.05, 4.69) is 51.7 Å². The zero-order valence-electron chi connectivity index (χ0n) is 26.6. The van der Waals surface area contributed by atoms with Gasteiger partial charge < -0.3 is 19.6 Å². The number of aromatic nitrogens is 2. The number of likely N-dealkylation sites (tertiary alicyclic amines) is 1. The number of benzene rings is 2. The minimum atomic E-state index is -0.803. The maximum absolute atomic E-state index is 11.2. The van der Waals surface area contributed by atoms with Crippen molar-refractivity contribution in [2.45, 2.75) is 44.8 Å². The van der Waals surface area contributed by atoms with Gasteiger partial charge in [0.15, 0.2) is 0 Å². The fourth-order valence-corrected chi connectivity index (χ4v) is 7.00. The molecule has 0 radical (unpaired) electrons. The van der Waals surface area contributed by atoms with Crippen LogP contribution < -0.4 is 9.64 Å². The quantitative estimate of drug-likeness (QED) is 0.341. The van der Waals surface area contributed by atoms with Crippen LogP contribution in [0.1, 0.15) is 49.1 Å². The fraction of sp³-hybridized carbons (Fsp3) is 0.486. The van der Waals surface area contributed by atoms with Gasteiger partial charge in [-0.15, -0.1) is 0 Å². The number of rotatable bonds is 9. The van der Waals surface area contributed by atoms with Gasteiger partial charge in [-0.25, -0.2) is 14.8 Å². The van der Waals surface area contributed by atoms with E-state index in [9.17, 15) is 15.2 Å². The number of piperazine rings is 1. The number of carboxylic acid groups (broad SMARTS) is 1. The van der Waals surface area contributed by atoms with Gasteiger partial charge >= 0.3 is 6.09 Å². The molecule has 10 nitrogen and oxygen atoms in total. The van der Waals surface area contributed by atoms with Gasteiger partial charge in [0, 0.05) is 68.5 Å². The van der Waals surface area contributed by atoms with Crippen molar-refractivity contribution in [3.05, 3.63) is 82.1 Å². The molecule has 6 rings (SSSR count). The molecule has 242 valence electrons. The maximum Gasteiger partial charge on any atom is 0.407 e. The summed E-state index contributed by atoms with van der Waals surface area (Å²) in [6.45, 7) is 12.7. The lowest BCUT2D eigenvalue weighted by molar-refractivity contribution is 0.0726. The Morgan fingerprint density at radius 1 is 1.02 bits per heavy atom. The Kier molecular flexibility index (Phi) is 9.64. The molecule has 3 aliphatic heterocycles. The summed E-state index contributed by atoms with van der Waals surface area (Å²) >= 11 is 6.27. The van der Waals surface area contributed by atoms with Crippen molar-refractivity contribution in [2.24, 2.45) is 5.92 Å². The Bertz CT molecular complexity index is 1560. The molecular formula is C35H42ClN7O3. The maximum atomic E-state index is 11.2. The number of ether oxygens (including phenoxy) is 1. The van der Waals surface area contributed by atoms with E-state index in [1.54, 1.807) is 6.07 Å². The Morgan fingerprint density at radius 3 is 2.41 bits per heavy atom. The van der Waals surface area contributed by atoms with E-state index < -0.39 is 6.09 Å². The molecule has 3 aromatic rings. The number of piperidine rings is 1. The molecular weight excluding hydrogens is 602 g/mol. The van der Waals surface area contributed by atoms with E-state index in [1.807, 2.05) is 36.5 Å². The summed E-state index contributed by atoms with van der Waals surface area (Å²) in [7, 11) is 0. The first-order valence-corrected chi connectivity index (χ1v) is 16.5. The van der Waals surface area contributed by atoms with Crippen LogP contribution in [0.25, 0.3) is 0 Å². The third-order valence-corrected chi connectivity index (χ3v) is 10.1. The smallest absolute Gasteiger partial charge is 0.407 e. The highest BCUT2D eigenvalue weighted by Gasteiger charge is 2.36. The van der Waals surface area contributed by atoms with Crippen LogP contribution in [0.4, 0.5) is 10.7 Å². The van der Waals surface area contributed by atoms with Crippen molar-refractivity contribution in [3.63, 3.8) is 0 Å². The second-order valence-electron chi connectivity index (χ2n) is 13.2. The minimum absolute atomic E-state index is 0.331. The van der Waals surface area contributed by atoms with E-state index in [-0.39, 0.29) is 5.41 Å². The number of hydrogen-bond donors (Lipinski definition) is 1. The Hall–Kier alpha value is -3.91. The molecule has 2 aromatic carbocycles. The van der Waals surface area contributed by atoms with Crippen molar-refractivity contribution in [3.8, 4) is 11.8 Å². The Balaban J connectivity index is 0.950. The lowest BCUT2D eigenvalue weighted by Gasteiger charge is -2.48. The SMILES string of the molecule is CC(C)(c1ccc(OCc2ccnc(N3CC(N4CCC(CN5CCN(C(=O)O)CC5)CC4)C3)n2)cc1)c1cc(Cl)cc(C#N)c1. The van der Waals surface area contributed by atoms with Crippen LogP contribution in [-0.4, -0.2) is 101 Å². The first-order chi connectivity index (χ1) is 22.2. The van der Waals surface area contributed by atoms with Crippen LogP contribution >= 0.6 is 11.6 Å². The van der Waals surface area contributed by atoms with Gasteiger partial charge in [-0.3, -0.25) is 9.80 Å². The average Bonchev–Trinajstić information content (AvgIpc) is 3.04. The molecule has 0 bridgehead atoms. The van der Waals surface area contributed by atoms with E-state index >= 15 is 0 Å². The molecule has 0 unspecified atom stereocenters. The number of nitrogens with zero attached hydrogens (tertiary/aromatic N) is 7. The third kappa shape index (κ3) is 7.38. The highest BCUT2D eigenvalue weighted by molar-refractivity contribution is 6.30. The number of nitriles is 1. The van der Waals surface area contributed by atoms with E-state index in [4.69, 9.17) is 21.3 Å². The van der Waals surface area contributed by atoms with E-state index in [0.29, 0.717) is 42.2 Å². The molecule has 0 atom stereocenters. The van der Waals surface area contributed by atoms with Crippen molar-refractivity contribution in [2.75, 3.05) is 63.8 Å². The zero-order valence-corrected chi connectivity index (χ0v) is 27.4. The average molecular weight is 644 g/mol. The molecule has 11 heteroatoms.